The molecule has 2 fully saturated rings. The van der Waals surface area contributed by atoms with Crippen molar-refractivity contribution in [2.24, 2.45) is 11.7 Å². The van der Waals surface area contributed by atoms with Gasteiger partial charge in [0.25, 0.3) is 5.91 Å². The highest BCUT2D eigenvalue weighted by Gasteiger charge is 2.35. The highest BCUT2D eigenvalue weighted by Crippen LogP contribution is 2.27. The largest absolute Gasteiger partial charge is 0.391 e. The van der Waals surface area contributed by atoms with Gasteiger partial charge in [-0.3, -0.25) is 9.78 Å². The molecule has 1 aliphatic carbocycles. The molecule has 1 saturated heterocycles. The summed E-state index contributed by atoms with van der Waals surface area (Å²) in [5.74, 6) is -0.185. The van der Waals surface area contributed by atoms with Crippen molar-refractivity contribution in [2.75, 3.05) is 13.1 Å². The second-order valence-electron chi connectivity index (χ2n) is 7.72. The topological polar surface area (TPSA) is 110 Å². The number of hydrogen-bond donors (Lipinski definition) is 2. The number of aliphatic hydroxyl groups excluding tert-OH is 1. The molecule has 1 aliphatic heterocycles. The Balaban J connectivity index is 1.38. The van der Waals surface area contributed by atoms with E-state index < -0.39 is 6.10 Å². The van der Waals surface area contributed by atoms with Gasteiger partial charge in [0.15, 0.2) is 5.69 Å². The van der Waals surface area contributed by atoms with Crippen LogP contribution < -0.4 is 5.73 Å². The fourth-order valence-electron chi connectivity index (χ4n) is 4.09. The minimum atomic E-state index is -0.550. The van der Waals surface area contributed by atoms with E-state index in [2.05, 4.69) is 15.3 Å². The molecule has 8 nitrogen and oxygen atoms in total. The van der Waals surface area contributed by atoms with Crippen LogP contribution >= 0.6 is 0 Å². The molecular formula is C19H26N6O2. The van der Waals surface area contributed by atoms with Crippen LogP contribution in [0.25, 0.3) is 0 Å². The molecule has 3 N–H and O–H groups in total. The van der Waals surface area contributed by atoms with Crippen LogP contribution in [0.2, 0.25) is 0 Å². The molecule has 0 unspecified atom stereocenters. The standard InChI is InChI=1S/C19H26N6O2/c20-14-4-6-16(7-5-14)25-11-17(22-23-25)19(27)24-10-13(18(26)12-24)9-15-3-1-2-8-21-15/h1-3,8,11,13-14,16,18,26H,4-7,9-10,12,20H2/t13-,14?,16?,18-/m1/s1. The van der Waals surface area contributed by atoms with Gasteiger partial charge in [0.1, 0.15) is 0 Å². The quantitative estimate of drug-likeness (QED) is 0.823. The van der Waals surface area contributed by atoms with Crippen molar-refractivity contribution in [3.05, 3.63) is 42.0 Å². The van der Waals surface area contributed by atoms with Crippen LogP contribution in [0, 0.1) is 5.92 Å². The zero-order valence-electron chi connectivity index (χ0n) is 15.3. The van der Waals surface area contributed by atoms with E-state index in [1.807, 2.05) is 18.2 Å². The van der Waals surface area contributed by atoms with E-state index in [1.54, 1.807) is 22.0 Å². The lowest BCUT2D eigenvalue weighted by molar-refractivity contribution is 0.0758. The molecule has 2 atom stereocenters. The van der Waals surface area contributed by atoms with Gasteiger partial charge >= 0.3 is 0 Å². The molecule has 0 radical (unpaired) electrons. The molecule has 144 valence electrons. The molecule has 3 heterocycles. The first-order chi connectivity index (χ1) is 13.1. The van der Waals surface area contributed by atoms with E-state index in [0.717, 1.165) is 31.4 Å². The third-order valence-corrected chi connectivity index (χ3v) is 5.74. The van der Waals surface area contributed by atoms with E-state index in [9.17, 15) is 9.90 Å². The van der Waals surface area contributed by atoms with Crippen LogP contribution in [0.3, 0.4) is 0 Å². The van der Waals surface area contributed by atoms with Crippen molar-refractivity contribution in [1.82, 2.24) is 24.9 Å². The average Bonchev–Trinajstić information content (AvgIpc) is 3.30. The van der Waals surface area contributed by atoms with Crippen molar-refractivity contribution in [1.29, 1.82) is 0 Å². The maximum Gasteiger partial charge on any atom is 0.276 e. The summed E-state index contributed by atoms with van der Waals surface area (Å²) in [7, 11) is 0. The number of aromatic nitrogens is 4. The highest BCUT2D eigenvalue weighted by molar-refractivity contribution is 5.92. The number of likely N-dealkylation sites (tertiary alicyclic amines) is 1. The minimum absolute atomic E-state index is 0.0151. The summed E-state index contributed by atoms with van der Waals surface area (Å²) in [6.07, 6.45) is 7.46. The first kappa shape index (κ1) is 18.1. The van der Waals surface area contributed by atoms with Gasteiger partial charge in [0.2, 0.25) is 0 Å². The molecule has 1 saturated carbocycles. The van der Waals surface area contributed by atoms with Crippen molar-refractivity contribution in [2.45, 2.75) is 50.3 Å². The van der Waals surface area contributed by atoms with Gasteiger partial charge in [-0.1, -0.05) is 11.3 Å². The number of aliphatic hydroxyl groups is 1. The number of nitrogens with zero attached hydrogens (tertiary/aromatic N) is 5. The van der Waals surface area contributed by atoms with Crippen molar-refractivity contribution in [3.8, 4) is 0 Å². The normalized spacial score (nSPS) is 28.4. The van der Waals surface area contributed by atoms with Crippen molar-refractivity contribution >= 4 is 5.91 Å². The summed E-state index contributed by atoms with van der Waals surface area (Å²) >= 11 is 0. The summed E-state index contributed by atoms with van der Waals surface area (Å²) < 4.78 is 1.80. The summed E-state index contributed by atoms with van der Waals surface area (Å²) in [6, 6.07) is 6.28. The molecule has 0 aromatic carbocycles. The lowest BCUT2D eigenvalue weighted by Gasteiger charge is -2.25. The van der Waals surface area contributed by atoms with E-state index in [1.165, 1.54) is 0 Å². The van der Waals surface area contributed by atoms with Gasteiger partial charge in [-0.15, -0.1) is 5.10 Å². The number of pyridine rings is 1. The van der Waals surface area contributed by atoms with Gasteiger partial charge in [-0.25, -0.2) is 4.68 Å². The fraction of sp³-hybridized carbons (Fsp3) is 0.579. The van der Waals surface area contributed by atoms with Crippen LogP contribution in [-0.4, -0.2) is 61.1 Å². The predicted molar refractivity (Wildman–Crippen MR) is 98.8 cm³/mol. The van der Waals surface area contributed by atoms with Gasteiger partial charge in [-0.2, -0.15) is 0 Å². The van der Waals surface area contributed by atoms with Gasteiger partial charge in [0, 0.05) is 36.9 Å². The molecule has 1 amide bonds. The molecular weight excluding hydrogens is 344 g/mol. The summed E-state index contributed by atoms with van der Waals surface area (Å²) in [5, 5.41) is 18.6. The summed E-state index contributed by atoms with van der Waals surface area (Å²) in [4.78, 5) is 18.8. The molecule has 27 heavy (non-hydrogen) atoms. The number of carbonyl (C=O) groups excluding carboxylic acids is 1. The van der Waals surface area contributed by atoms with Crippen LogP contribution in [0.4, 0.5) is 0 Å². The van der Waals surface area contributed by atoms with Crippen LogP contribution in [0.1, 0.15) is 47.9 Å². The summed E-state index contributed by atoms with van der Waals surface area (Å²) in [5.41, 5.74) is 7.23. The van der Waals surface area contributed by atoms with Crippen LogP contribution in [0.15, 0.2) is 30.6 Å². The number of carbonyl (C=O) groups is 1. The Hall–Kier alpha value is -2.32. The number of nitrogens with two attached hydrogens (primary N) is 1. The Bertz CT molecular complexity index is 772. The molecule has 0 bridgehead atoms. The molecule has 8 heteroatoms. The van der Waals surface area contributed by atoms with Crippen LogP contribution in [-0.2, 0) is 6.42 Å². The smallest absolute Gasteiger partial charge is 0.276 e. The Morgan fingerprint density at radius 1 is 1.22 bits per heavy atom. The fourth-order valence-corrected chi connectivity index (χ4v) is 4.09. The molecule has 4 rings (SSSR count). The maximum absolute atomic E-state index is 12.8. The lowest BCUT2D eigenvalue weighted by Crippen LogP contribution is -2.30. The first-order valence-electron chi connectivity index (χ1n) is 9.65. The number of amides is 1. The van der Waals surface area contributed by atoms with E-state index in [4.69, 9.17) is 5.73 Å². The lowest BCUT2D eigenvalue weighted by atomic mass is 9.92. The number of rotatable bonds is 4. The zero-order chi connectivity index (χ0) is 18.8. The highest BCUT2D eigenvalue weighted by atomic mass is 16.3. The average molecular weight is 370 g/mol. The SMILES string of the molecule is NC1CCC(n2cc(C(=O)N3C[C@@H](Cc4ccccn4)[C@H](O)C3)nn2)CC1. The third kappa shape index (κ3) is 4.01. The second kappa shape index (κ2) is 7.74. The maximum atomic E-state index is 12.8. The predicted octanol–water partition coefficient (Wildman–Crippen LogP) is 0.791. The van der Waals surface area contributed by atoms with Gasteiger partial charge in [-0.05, 0) is 44.2 Å². The van der Waals surface area contributed by atoms with E-state index >= 15 is 0 Å². The molecule has 2 aliphatic rings. The molecule has 2 aromatic heterocycles. The second-order valence-corrected chi connectivity index (χ2v) is 7.72. The third-order valence-electron chi connectivity index (χ3n) is 5.74. The first-order valence-corrected chi connectivity index (χ1v) is 9.65. The molecule has 2 aromatic rings. The van der Waals surface area contributed by atoms with E-state index in [-0.39, 0.29) is 23.9 Å². The summed E-state index contributed by atoms with van der Waals surface area (Å²) in [6.45, 7) is 0.823. The van der Waals surface area contributed by atoms with Gasteiger partial charge in [0.05, 0.1) is 18.3 Å². The van der Waals surface area contributed by atoms with Crippen LogP contribution in [0.5, 0.6) is 0 Å². The Kier molecular flexibility index (Phi) is 5.18. The number of β-amino-alcohol motifs (C(OH)–C–C–N with tert-alkyl or cyclic N) is 1. The zero-order valence-corrected chi connectivity index (χ0v) is 15.3. The Morgan fingerprint density at radius 3 is 2.78 bits per heavy atom. The molecule has 0 spiro atoms. The Labute approximate surface area is 158 Å². The van der Waals surface area contributed by atoms with Crippen molar-refractivity contribution in [3.63, 3.8) is 0 Å². The van der Waals surface area contributed by atoms with Crippen molar-refractivity contribution < 1.29 is 9.90 Å². The van der Waals surface area contributed by atoms with E-state index in [0.29, 0.717) is 25.2 Å². The minimum Gasteiger partial charge on any atom is -0.391 e. The Morgan fingerprint density at radius 2 is 2.04 bits per heavy atom. The number of hydrogen-bond acceptors (Lipinski definition) is 6. The monoisotopic (exact) mass is 370 g/mol. The van der Waals surface area contributed by atoms with Gasteiger partial charge < -0.3 is 15.7 Å².